The van der Waals surface area contributed by atoms with Crippen molar-refractivity contribution in [1.29, 1.82) is 0 Å². The van der Waals surface area contributed by atoms with Crippen LogP contribution in [0.4, 0.5) is 4.39 Å². The van der Waals surface area contributed by atoms with Crippen molar-refractivity contribution < 1.29 is 9.18 Å². The molecule has 1 fully saturated rings. The van der Waals surface area contributed by atoms with Gasteiger partial charge in [-0.25, -0.2) is 9.07 Å². The molecule has 8 heteroatoms. The Kier molecular flexibility index (Phi) is 6.66. The van der Waals surface area contributed by atoms with Gasteiger partial charge in [-0.3, -0.25) is 14.7 Å². The Morgan fingerprint density at radius 3 is 2.68 bits per heavy atom. The minimum absolute atomic E-state index is 0.0901. The summed E-state index contributed by atoms with van der Waals surface area (Å²) in [5, 5.41) is 8.35. The topological polar surface area (TPSA) is 67.2 Å². The normalized spacial score (nSPS) is 16.1. The molecule has 0 radical (unpaired) electrons. The number of carbonyl (C=O) groups excluding carboxylic acids is 1. The summed E-state index contributed by atoms with van der Waals surface area (Å²) in [6.45, 7) is 5.88. The predicted molar refractivity (Wildman–Crippen MR) is 115 cm³/mol. The SMILES string of the molecule is CC[C@H](c1ccc(F)cc1)n1cc(C(=O)N2CCCN(Cc3ccccn3)CC2)nn1. The van der Waals surface area contributed by atoms with Crippen molar-refractivity contribution in [3.63, 3.8) is 0 Å². The number of aromatic nitrogens is 4. The van der Waals surface area contributed by atoms with Crippen LogP contribution in [-0.4, -0.2) is 61.9 Å². The molecule has 1 amide bonds. The summed E-state index contributed by atoms with van der Waals surface area (Å²) >= 11 is 0. The first kappa shape index (κ1) is 21.1. The summed E-state index contributed by atoms with van der Waals surface area (Å²) in [7, 11) is 0. The van der Waals surface area contributed by atoms with Gasteiger partial charge in [0, 0.05) is 38.9 Å². The van der Waals surface area contributed by atoms with Crippen molar-refractivity contribution in [2.24, 2.45) is 0 Å². The van der Waals surface area contributed by atoms with Crippen molar-refractivity contribution in [3.05, 3.63) is 77.6 Å². The number of nitrogens with zero attached hydrogens (tertiary/aromatic N) is 6. The Labute approximate surface area is 181 Å². The van der Waals surface area contributed by atoms with Crippen LogP contribution < -0.4 is 0 Å². The van der Waals surface area contributed by atoms with Gasteiger partial charge >= 0.3 is 0 Å². The fourth-order valence-electron chi connectivity index (χ4n) is 4.00. The van der Waals surface area contributed by atoms with Crippen molar-refractivity contribution in [3.8, 4) is 0 Å². The Morgan fingerprint density at radius 2 is 1.94 bits per heavy atom. The maximum absolute atomic E-state index is 13.3. The molecular weight excluding hydrogens is 395 g/mol. The highest BCUT2D eigenvalue weighted by molar-refractivity contribution is 5.92. The fraction of sp³-hybridized carbons (Fsp3) is 0.391. The van der Waals surface area contributed by atoms with E-state index < -0.39 is 0 Å². The molecular formula is C23H27FN6O. The third kappa shape index (κ3) is 5.14. The monoisotopic (exact) mass is 422 g/mol. The van der Waals surface area contributed by atoms with E-state index in [0.717, 1.165) is 43.7 Å². The van der Waals surface area contributed by atoms with Gasteiger partial charge in [-0.15, -0.1) is 5.10 Å². The fourth-order valence-corrected chi connectivity index (χ4v) is 4.00. The van der Waals surface area contributed by atoms with Gasteiger partial charge in [0.25, 0.3) is 5.91 Å². The lowest BCUT2D eigenvalue weighted by molar-refractivity contribution is 0.0755. The van der Waals surface area contributed by atoms with Crippen LogP contribution in [0.5, 0.6) is 0 Å². The molecule has 7 nitrogen and oxygen atoms in total. The van der Waals surface area contributed by atoms with Gasteiger partial charge < -0.3 is 4.90 Å². The molecule has 0 bridgehead atoms. The largest absolute Gasteiger partial charge is 0.336 e. The first-order valence-electron chi connectivity index (χ1n) is 10.7. The molecule has 3 aromatic rings. The van der Waals surface area contributed by atoms with Gasteiger partial charge in [-0.05, 0) is 42.7 Å². The van der Waals surface area contributed by atoms with Gasteiger partial charge in [0.1, 0.15) is 5.82 Å². The molecule has 0 unspecified atom stereocenters. The average Bonchev–Trinajstić information content (AvgIpc) is 3.16. The number of rotatable bonds is 6. The second-order valence-electron chi connectivity index (χ2n) is 7.80. The zero-order valence-electron chi connectivity index (χ0n) is 17.7. The molecule has 31 heavy (non-hydrogen) atoms. The van der Waals surface area contributed by atoms with Crippen molar-refractivity contribution in [2.45, 2.75) is 32.4 Å². The third-order valence-corrected chi connectivity index (χ3v) is 5.68. The summed E-state index contributed by atoms with van der Waals surface area (Å²) in [6, 6.07) is 12.2. The van der Waals surface area contributed by atoms with Crippen LogP contribution in [-0.2, 0) is 6.54 Å². The molecule has 4 rings (SSSR count). The van der Waals surface area contributed by atoms with Crippen molar-refractivity contribution in [2.75, 3.05) is 26.2 Å². The van der Waals surface area contributed by atoms with Crippen LogP contribution in [0, 0.1) is 5.82 Å². The highest BCUT2D eigenvalue weighted by Gasteiger charge is 2.24. The van der Waals surface area contributed by atoms with Crippen LogP contribution in [0.2, 0.25) is 0 Å². The summed E-state index contributed by atoms with van der Waals surface area (Å²) in [6.07, 6.45) is 5.17. The van der Waals surface area contributed by atoms with E-state index in [0.29, 0.717) is 18.8 Å². The third-order valence-electron chi connectivity index (χ3n) is 5.68. The molecule has 1 aliphatic rings. The highest BCUT2D eigenvalue weighted by atomic mass is 19.1. The Balaban J connectivity index is 1.40. The number of amides is 1. The zero-order chi connectivity index (χ0) is 21.6. The van der Waals surface area contributed by atoms with Crippen LogP contribution in [0.3, 0.4) is 0 Å². The minimum Gasteiger partial charge on any atom is -0.336 e. The molecule has 0 spiro atoms. The second kappa shape index (κ2) is 9.78. The van der Waals surface area contributed by atoms with Crippen molar-refractivity contribution in [1.82, 2.24) is 29.8 Å². The van der Waals surface area contributed by atoms with E-state index in [1.165, 1.54) is 12.1 Å². The molecule has 0 saturated carbocycles. The van der Waals surface area contributed by atoms with E-state index in [9.17, 15) is 9.18 Å². The number of hydrogen-bond donors (Lipinski definition) is 0. The molecule has 1 aliphatic heterocycles. The molecule has 3 heterocycles. The lowest BCUT2D eigenvalue weighted by atomic mass is 10.0. The highest BCUT2D eigenvalue weighted by Crippen LogP contribution is 2.22. The Hall–Kier alpha value is -3.13. The first-order chi connectivity index (χ1) is 15.1. The van der Waals surface area contributed by atoms with Gasteiger partial charge in [0.15, 0.2) is 5.69 Å². The minimum atomic E-state index is -0.272. The van der Waals surface area contributed by atoms with Crippen LogP contribution in [0.1, 0.15) is 47.6 Å². The summed E-state index contributed by atoms with van der Waals surface area (Å²) in [4.78, 5) is 21.6. The van der Waals surface area contributed by atoms with Crippen LogP contribution >= 0.6 is 0 Å². The standard InChI is InChI=1S/C23H27FN6O/c1-2-22(18-7-9-19(24)10-8-18)30-17-21(26-27-30)23(31)29-13-5-12-28(14-15-29)16-20-6-3-4-11-25-20/h3-4,6-11,17,22H,2,5,12-16H2,1H3/t22-/m1/s1. The molecule has 1 aromatic carbocycles. The smallest absolute Gasteiger partial charge is 0.276 e. The molecule has 2 aromatic heterocycles. The predicted octanol–water partition coefficient (Wildman–Crippen LogP) is 3.16. The van der Waals surface area contributed by atoms with Gasteiger partial charge in [0.05, 0.1) is 17.9 Å². The molecule has 1 atom stereocenters. The molecule has 162 valence electrons. The molecule has 1 saturated heterocycles. The summed E-state index contributed by atoms with van der Waals surface area (Å²) < 4.78 is 15.0. The lowest BCUT2D eigenvalue weighted by Gasteiger charge is -2.21. The van der Waals surface area contributed by atoms with Gasteiger partial charge in [-0.2, -0.15) is 0 Å². The quantitative estimate of drug-likeness (QED) is 0.611. The van der Waals surface area contributed by atoms with E-state index in [1.807, 2.05) is 36.2 Å². The molecule has 0 aliphatic carbocycles. The number of benzene rings is 1. The summed E-state index contributed by atoms with van der Waals surface area (Å²) in [5.41, 5.74) is 2.32. The van der Waals surface area contributed by atoms with Crippen LogP contribution in [0.25, 0.3) is 0 Å². The maximum Gasteiger partial charge on any atom is 0.276 e. The van der Waals surface area contributed by atoms with Gasteiger partial charge in [-0.1, -0.05) is 30.3 Å². The maximum atomic E-state index is 13.3. The first-order valence-corrected chi connectivity index (χ1v) is 10.7. The van der Waals surface area contributed by atoms with E-state index in [2.05, 4.69) is 20.2 Å². The van der Waals surface area contributed by atoms with Crippen molar-refractivity contribution >= 4 is 5.91 Å². The second-order valence-corrected chi connectivity index (χ2v) is 7.80. The molecule has 0 N–H and O–H groups in total. The van der Waals surface area contributed by atoms with Gasteiger partial charge in [0.2, 0.25) is 0 Å². The Bertz CT molecular complexity index is 991. The number of carbonyl (C=O) groups is 1. The van der Waals surface area contributed by atoms with Crippen LogP contribution in [0.15, 0.2) is 54.9 Å². The van der Waals surface area contributed by atoms with E-state index in [4.69, 9.17) is 0 Å². The number of pyridine rings is 1. The number of hydrogen-bond acceptors (Lipinski definition) is 5. The summed E-state index contributed by atoms with van der Waals surface area (Å²) in [5.74, 6) is -0.369. The zero-order valence-corrected chi connectivity index (χ0v) is 17.7. The van der Waals surface area contributed by atoms with E-state index >= 15 is 0 Å². The number of halogens is 1. The Morgan fingerprint density at radius 1 is 1.10 bits per heavy atom. The van der Waals surface area contributed by atoms with E-state index in [-0.39, 0.29) is 17.8 Å². The lowest BCUT2D eigenvalue weighted by Crippen LogP contribution is -2.35. The average molecular weight is 423 g/mol. The van der Waals surface area contributed by atoms with E-state index in [1.54, 1.807) is 23.0 Å².